The van der Waals surface area contributed by atoms with Gasteiger partial charge in [0, 0.05) is 40.3 Å². The molecular weight excluding hydrogens is 348 g/mol. The Balaban J connectivity index is 1.78. The summed E-state index contributed by atoms with van der Waals surface area (Å²) in [5.41, 5.74) is 23.0. The lowest BCUT2D eigenvalue weighted by molar-refractivity contribution is 0.482. The summed E-state index contributed by atoms with van der Waals surface area (Å²) in [4.78, 5) is 4.81. The molecule has 28 heavy (non-hydrogen) atoms. The summed E-state index contributed by atoms with van der Waals surface area (Å²) < 4.78 is 6.06. The molecule has 5 heteroatoms. The Morgan fingerprint density at radius 3 is 1.32 bits per heavy atom. The average Bonchev–Trinajstić information content (AvgIpc) is 2.71. The van der Waals surface area contributed by atoms with Crippen molar-refractivity contribution in [1.82, 2.24) is 4.98 Å². The molecule has 0 saturated heterocycles. The Hall–Kier alpha value is -3.99. The zero-order chi connectivity index (χ0) is 19.5. The van der Waals surface area contributed by atoms with E-state index in [2.05, 4.69) is 0 Å². The number of hydrogen-bond acceptors (Lipinski definition) is 5. The molecule has 0 unspecified atom stereocenters. The van der Waals surface area contributed by atoms with Gasteiger partial charge in [-0.1, -0.05) is 24.3 Å². The first kappa shape index (κ1) is 17.4. The third-order valence-corrected chi connectivity index (χ3v) is 4.33. The molecule has 138 valence electrons. The molecule has 4 aromatic rings. The van der Waals surface area contributed by atoms with Crippen LogP contribution < -0.4 is 21.9 Å². The predicted octanol–water partition coefficient (Wildman–Crippen LogP) is 4.95. The van der Waals surface area contributed by atoms with Gasteiger partial charge in [0.25, 0.3) is 0 Å². The molecule has 0 fully saturated rings. The predicted molar refractivity (Wildman–Crippen MR) is 115 cm³/mol. The second kappa shape index (κ2) is 7.32. The molecular formula is C23H20N4O. The van der Waals surface area contributed by atoms with Crippen molar-refractivity contribution in [2.24, 2.45) is 0 Å². The van der Waals surface area contributed by atoms with Crippen LogP contribution in [0.4, 0.5) is 17.1 Å². The summed E-state index contributed by atoms with van der Waals surface area (Å²) >= 11 is 0. The van der Waals surface area contributed by atoms with Crippen LogP contribution in [0.5, 0.6) is 11.5 Å². The summed E-state index contributed by atoms with van der Waals surface area (Å²) in [7, 11) is 0. The Kier molecular flexibility index (Phi) is 4.56. The summed E-state index contributed by atoms with van der Waals surface area (Å²) in [5.74, 6) is 1.38. The summed E-state index contributed by atoms with van der Waals surface area (Å²) in [6, 6.07) is 26.3. The van der Waals surface area contributed by atoms with E-state index in [1.807, 2.05) is 72.8 Å². The zero-order valence-electron chi connectivity index (χ0n) is 15.2. The van der Waals surface area contributed by atoms with Crippen LogP contribution >= 0.6 is 0 Å². The van der Waals surface area contributed by atoms with Gasteiger partial charge in [-0.2, -0.15) is 0 Å². The fourth-order valence-corrected chi connectivity index (χ4v) is 2.84. The average molecular weight is 368 g/mol. The number of nitrogens with two attached hydrogens (primary N) is 3. The van der Waals surface area contributed by atoms with Crippen molar-refractivity contribution in [3.63, 3.8) is 0 Å². The summed E-state index contributed by atoms with van der Waals surface area (Å²) in [5, 5.41) is 0. The van der Waals surface area contributed by atoms with Gasteiger partial charge in [-0.05, 0) is 48.5 Å². The molecule has 6 N–H and O–H groups in total. The van der Waals surface area contributed by atoms with Crippen molar-refractivity contribution in [2.45, 2.75) is 0 Å². The van der Waals surface area contributed by atoms with Crippen LogP contribution in [-0.2, 0) is 0 Å². The lowest BCUT2D eigenvalue weighted by Crippen LogP contribution is -1.93. The van der Waals surface area contributed by atoms with Gasteiger partial charge >= 0.3 is 0 Å². The van der Waals surface area contributed by atoms with Crippen LogP contribution in [-0.4, -0.2) is 4.98 Å². The fraction of sp³-hybridized carbons (Fsp3) is 0. The fourth-order valence-electron chi connectivity index (χ4n) is 2.84. The van der Waals surface area contributed by atoms with Gasteiger partial charge in [0.2, 0.25) is 0 Å². The maximum absolute atomic E-state index is 6.06. The van der Waals surface area contributed by atoms with E-state index < -0.39 is 0 Å². The molecule has 1 heterocycles. The quantitative estimate of drug-likeness (QED) is 0.442. The van der Waals surface area contributed by atoms with Crippen LogP contribution in [0.25, 0.3) is 22.5 Å². The maximum Gasteiger partial charge on any atom is 0.131 e. The highest BCUT2D eigenvalue weighted by Crippen LogP contribution is 2.31. The maximum atomic E-state index is 6.06. The van der Waals surface area contributed by atoms with E-state index in [1.165, 1.54) is 0 Å². The monoisotopic (exact) mass is 368 g/mol. The van der Waals surface area contributed by atoms with E-state index in [0.717, 1.165) is 22.5 Å². The number of nitrogens with zero attached hydrogens (tertiary/aromatic N) is 1. The Morgan fingerprint density at radius 2 is 0.893 bits per heavy atom. The van der Waals surface area contributed by atoms with Crippen LogP contribution in [0.1, 0.15) is 0 Å². The smallest absolute Gasteiger partial charge is 0.131 e. The van der Waals surface area contributed by atoms with Crippen molar-refractivity contribution in [1.29, 1.82) is 0 Å². The van der Waals surface area contributed by atoms with Gasteiger partial charge in [0.1, 0.15) is 11.5 Å². The van der Waals surface area contributed by atoms with E-state index >= 15 is 0 Å². The first-order valence-corrected chi connectivity index (χ1v) is 8.84. The first-order chi connectivity index (χ1) is 13.6. The highest BCUT2D eigenvalue weighted by Gasteiger charge is 2.09. The second-order valence-electron chi connectivity index (χ2n) is 6.49. The molecule has 5 nitrogen and oxygen atoms in total. The number of pyridine rings is 1. The van der Waals surface area contributed by atoms with E-state index in [1.54, 1.807) is 12.1 Å². The van der Waals surface area contributed by atoms with Crippen LogP contribution in [0.3, 0.4) is 0 Å². The number of rotatable bonds is 4. The van der Waals surface area contributed by atoms with Gasteiger partial charge in [-0.15, -0.1) is 0 Å². The molecule has 0 atom stereocenters. The van der Waals surface area contributed by atoms with Crippen molar-refractivity contribution < 1.29 is 4.74 Å². The highest BCUT2D eigenvalue weighted by atomic mass is 16.5. The van der Waals surface area contributed by atoms with Crippen molar-refractivity contribution >= 4 is 17.1 Å². The van der Waals surface area contributed by atoms with Gasteiger partial charge in [-0.3, -0.25) is 0 Å². The third kappa shape index (κ3) is 3.88. The molecule has 0 amide bonds. The molecule has 3 aromatic carbocycles. The zero-order valence-corrected chi connectivity index (χ0v) is 15.2. The van der Waals surface area contributed by atoms with Crippen LogP contribution in [0.2, 0.25) is 0 Å². The Morgan fingerprint density at radius 1 is 0.500 bits per heavy atom. The number of nitrogen functional groups attached to an aromatic ring is 3. The summed E-state index contributed by atoms with van der Waals surface area (Å²) in [6.07, 6.45) is 0. The largest absolute Gasteiger partial charge is 0.457 e. The molecule has 0 bridgehead atoms. The molecule has 0 spiro atoms. The van der Waals surface area contributed by atoms with Gasteiger partial charge in [0.15, 0.2) is 0 Å². The van der Waals surface area contributed by atoms with E-state index in [-0.39, 0.29) is 0 Å². The van der Waals surface area contributed by atoms with E-state index in [0.29, 0.717) is 28.6 Å². The number of anilines is 3. The second-order valence-corrected chi connectivity index (χ2v) is 6.49. The SMILES string of the molecule is Nc1ccc(Oc2cc(-c3ccc(N)cc3)nc(-c3ccc(N)cc3)c2)cc1. The minimum absolute atomic E-state index is 0.679. The normalized spacial score (nSPS) is 10.6. The van der Waals surface area contributed by atoms with Crippen molar-refractivity contribution in [3.8, 4) is 34.0 Å². The van der Waals surface area contributed by atoms with Crippen molar-refractivity contribution in [3.05, 3.63) is 84.9 Å². The molecule has 0 aliphatic carbocycles. The standard InChI is InChI=1S/C23H20N4O/c24-17-5-1-15(2-6-17)22-13-21(28-20-11-9-19(26)10-12-20)14-23(27-22)16-3-7-18(25)8-4-16/h1-14H,24-26H2. The number of hydrogen-bond donors (Lipinski definition) is 3. The topological polar surface area (TPSA) is 100 Å². The van der Waals surface area contributed by atoms with Gasteiger partial charge in [-0.25, -0.2) is 4.98 Å². The number of benzene rings is 3. The summed E-state index contributed by atoms with van der Waals surface area (Å²) in [6.45, 7) is 0. The Bertz CT molecular complexity index is 1030. The molecule has 1 aromatic heterocycles. The molecule has 0 radical (unpaired) electrons. The van der Waals surface area contributed by atoms with E-state index in [9.17, 15) is 0 Å². The highest BCUT2D eigenvalue weighted by molar-refractivity contribution is 5.70. The number of aromatic nitrogens is 1. The van der Waals surface area contributed by atoms with Crippen LogP contribution in [0.15, 0.2) is 84.9 Å². The first-order valence-electron chi connectivity index (χ1n) is 8.84. The lowest BCUT2D eigenvalue weighted by Gasteiger charge is -2.11. The van der Waals surface area contributed by atoms with Gasteiger partial charge in [0.05, 0.1) is 11.4 Å². The van der Waals surface area contributed by atoms with E-state index in [4.69, 9.17) is 26.9 Å². The molecule has 4 rings (SSSR count). The van der Waals surface area contributed by atoms with Crippen LogP contribution in [0, 0.1) is 0 Å². The lowest BCUT2D eigenvalue weighted by atomic mass is 10.1. The molecule has 0 aliphatic rings. The Labute approximate surface area is 163 Å². The molecule has 0 aliphatic heterocycles. The minimum atomic E-state index is 0.679. The minimum Gasteiger partial charge on any atom is -0.457 e. The van der Waals surface area contributed by atoms with Gasteiger partial charge < -0.3 is 21.9 Å². The number of ether oxygens (including phenoxy) is 1. The van der Waals surface area contributed by atoms with Crippen molar-refractivity contribution in [2.75, 3.05) is 17.2 Å². The molecule has 0 saturated carbocycles. The third-order valence-electron chi connectivity index (χ3n) is 4.33.